The number of hydrogen-bond acceptors (Lipinski definition) is 3. The quantitative estimate of drug-likeness (QED) is 0.922. The normalized spacial score (nSPS) is 26.5. The lowest BCUT2D eigenvalue weighted by Crippen LogP contribution is -2.53. The number of piperazine rings is 1. The number of benzene rings is 1. The smallest absolute Gasteiger partial charge is 0.226 e. The first-order chi connectivity index (χ1) is 12.8. The highest BCUT2D eigenvalue weighted by molar-refractivity contribution is 5.83. The third-order valence-electron chi connectivity index (χ3n) is 6.50. The van der Waals surface area contributed by atoms with E-state index in [9.17, 15) is 4.79 Å². The summed E-state index contributed by atoms with van der Waals surface area (Å²) in [7, 11) is 0. The molecule has 5 heteroatoms. The van der Waals surface area contributed by atoms with Crippen LogP contribution in [0.4, 0.5) is 0 Å². The number of H-pyrrole nitrogens is 1. The average Bonchev–Trinajstić information content (AvgIpc) is 3.25. The Morgan fingerprint density at radius 2 is 1.81 bits per heavy atom. The van der Waals surface area contributed by atoms with E-state index in [-0.39, 0.29) is 5.92 Å². The topological polar surface area (TPSA) is 52.2 Å². The summed E-state index contributed by atoms with van der Waals surface area (Å²) >= 11 is 0. The van der Waals surface area contributed by atoms with Gasteiger partial charge in [-0.05, 0) is 36.3 Å². The molecular weight excluding hydrogens is 324 g/mol. The minimum Gasteiger partial charge on any atom is -0.340 e. The van der Waals surface area contributed by atoms with Gasteiger partial charge in [0.2, 0.25) is 5.91 Å². The summed E-state index contributed by atoms with van der Waals surface area (Å²) in [6.07, 6.45) is 8.84. The van der Waals surface area contributed by atoms with Crippen LogP contribution in [0.3, 0.4) is 0 Å². The fraction of sp³-hybridized carbons (Fsp3) is 0.524. The Hall–Kier alpha value is -2.14. The first kappa shape index (κ1) is 16.1. The molecule has 5 nitrogen and oxygen atoms in total. The van der Waals surface area contributed by atoms with Crippen LogP contribution in [0.25, 0.3) is 11.1 Å². The molecular formula is C21H26N4O. The minimum absolute atomic E-state index is 0.199. The average molecular weight is 350 g/mol. The van der Waals surface area contributed by atoms with Crippen LogP contribution in [0, 0.1) is 5.92 Å². The second kappa shape index (κ2) is 6.54. The van der Waals surface area contributed by atoms with E-state index in [4.69, 9.17) is 0 Å². The van der Waals surface area contributed by atoms with Crippen molar-refractivity contribution in [2.24, 2.45) is 5.92 Å². The highest BCUT2D eigenvalue weighted by atomic mass is 16.2. The summed E-state index contributed by atoms with van der Waals surface area (Å²) in [5, 5.41) is 6.85. The SMILES string of the molecule is O=C([C@H]1C[C@@H]1c1ccc(-c2cn[nH]c2)cc1)N1CCN(C2CCC2)CC1. The van der Waals surface area contributed by atoms with E-state index in [1.807, 2.05) is 12.4 Å². The van der Waals surface area contributed by atoms with Gasteiger partial charge in [-0.2, -0.15) is 5.10 Å². The van der Waals surface area contributed by atoms with Crippen LogP contribution in [-0.2, 0) is 4.79 Å². The predicted molar refractivity (Wildman–Crippen MR) is 101 cm³/mol. The lowest BCUT2D eigenvalue weighted by molar-refractivity contribution is -0.135. The van der Waals surface area contributed by atoms with Crippen molar-refractivity contribution in [3.63, 3.8) is 0 Å². The number of aromatic nitrogens is 2. The Bertz CT molecular complexity index is 758. The van der Waals surface area contributed by atoms with Crippen LogP contribution < -0.4 is 0 Å². The molecule has 0 radical (unpaired) electrons. The van der Waals surface area contributed by atoms with Crippen molar-refractivity contribution < 1.29 is 4.79 Å². The van der Waals surface area contributed by atoms with Crippen molar-refractivity contribution in [1.29, 1.82) is 0 Å². The molecule has 1 aromatic carbocycles. The van der Waals surface area contributed by atoms with Gasteiger partial charge >= 0.3 is 0 Å². The number of aromatic amines is 1. The van der Waals surface area contributed by atoms with Gasteiger partial charge in [-0.15, -0.1) is 0 Å². The van der Waals surface area contributed by atoms with Crippen LogP contribution in [0.1, 0.15) is 37.2 Å². The minimum atomic E-state index is 0.199. The molecule has 2 heterocycles. The van der Waals surface area contributed by atoms with Crippen LogP contribution in [0.2, 0.25) is 0 Å². The molecule has 136 valence electrons. The lowest BCUT2D eigenvalue weighted by Gasteiger charge is -2.43. The number of carbonyl (C=O) groups is 1. The van der Waals surface area contributed by atoms with Crippen LogP contribution in [0.15, 0.2) is 36.7 Å². The molecule has 2 aromatic rings. The summed E-state index contributed by atoms with van der Waals surface area (Å²) in [6.45, 7) is 3.95. The Morgan fingerprint density at radius 1 is 1.04 bits per heavy atom. The van der Waals surface area contributed by atoms with Gasteiger partial charge in [0, 0.05) is 49.9 Å². The summed E-state index contributed by atoms with van der Waals surface area (Å²) < 4.78 is 0. The number of nitrogens with one attached hydrogen (secondary N) is 1. The molecule has 1 saturated heterocycles. The van der Waals surface area contributed by atoms with Gasteiger partial charge < -0.3 is 4.90 Å². The van der Waals surface area contributed by atoms with Crippen molar-refractivity contribution in [3.05, 3.63) is 42.2 Å². The predicted octanol–water partition coefficient (Wildman–Crippen LogP) is 2.88. The molecule has 3 fully saturated rings. The molecule has 1 aromatic heterocycles. The summed E-state index contributed by atoms with van der Waals surface area (Å²) in [5.74, 6) is 0.984. The summed E-state index contributed by atoms with van der Waals surface area (Å²) in [5.41, 5.74) is 3.56. The van der Waals surface area contributed by atoms with Crippen LogP contribution >= 0.6 is 0 Å². The number of nitrogens with zero attached hydrogens (tertiary/aromatic N) is 3. The zero-order chi connectivity index (χ0) is 17.5. The third kappa shape index (κ3) is 2.94. The molecule has 2 atom stereocenters. The second-order valence-electron chi connectivity index (χ2n) is 8.00. The molecule has 5 rings (SSSR count). The maximum absolute atomic E-state index is 12.9. The Balaban J connectivity index is 1.17. The molecule has 2 aliphatic carbocycles. The standard InChI is InChI=1S/C21H26N4O/c26-21(25-10-8-24(9-11-25)18-2-1-3-18)20-12-19(20)16-6-4-15(5-7-16)17-13-22-23-14-17/h4-7,13-14,18-20H,1-3,8-12H2,(H,22,23)/t19-,20+/m1/s1. The molecule has 1 N–H and O–H groups in total. The highest BCUT2D eigenvalue weighted by Crippen LogP contribution is 2.48. The number of carbonyl (C=O) groups excluding carboxylic acids is 1. The van der Waals surface area contributed by atoms with Crippen molar-refractivity contribution in [1.82, 2.24) is 20.0 Å². The zero-order valence-corrected chi connectivity index (χ0v) is 15.1. The van der Waals surface area contributed by atoms with Gasteiger partial charge in [-0.25, -0.2) is 0 Å². The molecule has 3 aliphatic rings. The van der Waals surface area contributed by atoms with Gasteiger partial charge in [0.1, 0.15) is 0 Å². The van der Waals surface area contributed by atoms with Gasteiger partial charge in [0.15, 0.2) is 0 Å². The molecule has 0 spiro atoms. The molecule has 0 unspecified atom stereocenters. The Morgan fingerprint density at radius 3 is 2.42 bits per heavy atom. The fourth-order valence-corrected chi connectivity index (χ4v) is 4.46. The van der Waals surface area contributed by atoms with Crippen molar-refractivity contribution in [2.75, 3.05) is 26.2 Å². The monoisotopic (exact) mass is 350 g/mol. The van der Waals surface area contributed by atoms with Crippen molar-refractivity contribution in [2.45, 2.75) is 37.6 Å². The van der Waals surface area contributed by atoms with E-state index in [2.05, 4.69) is 44.3 Å². The molecule has 1 aliphatic heterocycles. The number of rotatable bonds is 4. The first-order valence-corrected chi connectivity index (χ1v) is 9.91. The highest BCUT2D eigenvalue weighted by Gasteiger charge is 2.46. The van der Waals surface area contributed by atoms with Gasteiger partial charge in [0.25, 0.3) is 0 Å². The van der Waals surface area contributed by atoms with E-state index in [0.717, 1.165) is 49.8 Å². The second-order valence-corrected chi connectivity index (χ2v) is 8.00. The maximum atomic E-state index is 12.9. The zero-order valence-electron chi connectivity index (χ0n) is 15.1. The molecule has 0 bridgehead atoms. The van der Waals surface area contributed by atoms with Gasteiger partial charge in [-0.3, -0.25) is 14.8 Å². The summed E-state index contributed by atoms with van der Waals surface area (Å²) in [4.78, 5) is 17.6. The fourth-order valence-electron chi connectivity index (χ4n) is 4.46. The van der Waals surface area contributed by atoms with E-state index in [0.29, 0.717) is 11.8 Å². The maximum Gasteiger partial charge on any atom is 0.226 e. The van der Waals surface area contributed by atoms with Gasteiger partial charge in [-0.1, -0.05) is 30.7 Å². The molecule has 2 saturated carbocycles. The van der Waals surface area contributed by atoms with E-state index in [1.165, 1.54) is 24.8 Å². The van der Waals surface area contributed by atoms with Crippen molar-refractivity contribution in [3.8, 4) is 11.1 Å². The van der Waals surface area contributed by atoms with Crippen LogP contribution in [0.5, 0.6) is 0 Å². The van der Waals surface area contributed by atoms with E-state index in [1.54, 1.807) is 0 Å². The largest absolute Gasteiger partial charge is 0.340 e. The van der Waals surface area contributed by atoms with Gasteiger partial charge in [0.05, 0.1) is 6.20 Å². The Kier molecular flexibility index (Phi) is 4.04. The van der Waals surface area contributed by atoms with E-state index < -0.39 is 0 Å². The van der Waals surface area contributed by atoms with Crippen LogP contribution in [-0.4, -0.2) is 58.1 Å². The van der Waals surface area contributed by atoms with Crippen molar-refractivity contribution >= 4 is 5.91 Å². The number of hydrogen-bond donors (Lipinski definition) is 1. The third-order valence-corrected chi connectivity index (χ3v) is 6.50. The summed E-state index contributed by atoms with van der Waals surface area (Å²) in [6, 6.07) is 9.42. The molecule has 26 heavy (non-hydrogen) atoms. The first-order valence-electron chi connectivity index (χ1n) is 9.91. The molecule has 1 amide bonds. The lowest BCUT2D eigenvalue weighted by atomic mass is 9.91. The van der Waals surface area contributed by atoms with E-state index >= 15 is 0 Å². The Labute approximate surface area is 154 Å². The number of amides is 1.